The lowest BCUT2D eigenvalue weighted by Gasteiger charge is -2.26. The summed E-state index contributed by atoms with van der Waals surface area (Å²) in [5.41, 5.74) is 0.824. The predicted octanol–water partition coefficient (Wildman–Crippen LogP) is 4.30. The van der Waals surface area contributed by atoms with E-state index in [1.54, 1.807) is 12.1 Å². The van der Waals surface area contributed by atoms with Gasteiger partial charge < -0.3 is 15.3 Å². The maximum absolute atomic E-state index is 13.5. The number of amides is 1. The van der Waals surface area contributed by atoms with Crippen LogP contribution < -0.4 is 5.32 Å². The molecular weight excluding hydrogens is 392 g/mol. The molecular formula is C19H20Cl2FN3O2. The molecule has 0 saturated carbocycles. The third-order valence-electron chi connectivity index (χ3n) is 4.52. The molecule has 1 fully saturated rings. The molecule has 2 heterocycles. The Morgan fingerprint density at radius 1 is 1.22 bits per heavy atom. The Hall–Kier alpha value is -1.89. The number of likely N-dealkylation sites (tertiary alicyclic amines) is 1. The van der Waals surface area contributed by atoms with Gasteiger partial charge in [-0.3, -0.25) is 4.79 Å². The lowest BCUT2D eigenvalue weighted by Crippen LogP contribution is -2.35. The van der Waals surface area contributed by atoms with Crippen molar-refractivity contribution < 1.29 is 14.3 Å². The summed E-state index contributed by atoms with van der Waals surface area (Å²) in [4.78, 5) is 18.5. The van der Waals surface area contributed by atoms with E-state index in [0.29, 0.717) is 16.9 Å². The van der Waals surface area contributed by atoms with Crippen LogP contribution in [0, 0.1) is 5.82 Å². The number of anilines is 1. The van der Waals surface area contributed by atoms with Crippen molar-refractivity contribution in [3.8, 4) is 0 Å². The van der Waals surface area contributed by atoms with Gasteiger partial charge in [-0.15, -0.1) is 0 Å². The second kappa shape index (κ2) is 8.87. The number of carbonyl (C=O) groups excluding carboxylic acids is 1. The summed E-state index contributed by atoms with van der Waals surface area (Å²) in [6.45, 7) is 1.58. The SMILES string of the molecule is O=C(c1cnc(NCC(O)c2ccc(Cl)c(F)c2)c(Cl)c1)N1CCCCC1. The molecule has 0 radical (unpaired) electrons. The fraction of sp³-hybridized carbons (Fsp3) is 0.368. The van der Waals surface area contributed by atoms with Crippen LogP contribution in [0.5, 0.6) is 0 Å². The fourth-order valence-electron chi connectivity index (χ4n) is 3.00. The van der Waals surface area contributed by atoms with Crippen molar-refractivity contribution in [2.24, 2.45) is 0 Å². The number of pyridine rings is 1. The number of piperidine rings is 1. The number of hydrogen-bond donors (Lipinski definition) is 2. The molecule has 2 aromatic rings. The molecule has 1 atom stereocenters. The number of rotatable bonds is 5. The average Bonchev–Trinajstić information content (AvgIpc) is 2.69. The number of aliphatic hydroxyl groups is 1. The highest BCUT2D eigenvalue weighted by Gasteiger charge is 2.19. The van der Waals surface area contributed by atoms with Crippen LogP contribution in [0.4, 0.5) is 10.2 Å². The smallest absolute Gasteiger partial charge is 0.255 e. The molecule has 1 amide bonds. The zero-order valence-corrected chi connectivity index (χ0v) is 16.1. The predicted molar refractivity (Wildman–Crippen MR) is 104 cm³/mol. The minimum absolute atomic E-state index is 0.00224. The molecule has 2 N–H and O–H groups in total. The number of hydrogen-bond acceptors (Lipinski definition) is 4. The minimum atomic E-state index is -0.968. The van der Waals surface area contributed by atoms with E-state index in [2.05, 4.69) is 10.3 Å². The quantitative estimate of drug-likeness (QED) is 0.769. The summed E-state index contributed by atoms with van der Waals surface area (Å²) in [5, 5.41) is 13.4. The van der Waals surface area contributed by atoms with Gasteiger partial charge in [0.1, 0.15) is 11.6 Å². The lowest BCUT2D eigenvalue weighted by atomic mass is 10.1. The summed E-state index contributed by atoms with van der Waals surface area (Å²) < 4.78 is 13.5. The van der Waals surface area contributed by atoms with Crippen molar-refractivity contribution in [2.75, 3.05) is 25.0 Å². The molecule has 0 aliphatic carbocycles. The summed E-state index contributed by atoms with van der Waals surface area (Å²) in [5.74, 6) is -0.322. The van der Waals surface area contributed by atoms with Gasteiger partial charge in [0.25, 0.3) is 5.91 Å². The Morgan fingerprint density at radius 2 is 1.96 bits per heavy atom. The van der Waals surface area contributed by atoms with E-state index in [4.69, 9.17) is 23.2 Å². The minimum Gasteiger partial charge on any atom is -0.387 e. The topological polar surface area (TPSA) is 65.5 Å². The first-order valence-electron chi connectivity index (χ1n) is 8.77. The standard InChI is InChI=1S/C19H20Cl2FN3O2/c20-14-5-4-12(9-16(14)22)17(26)11-24-18-15(21)8-13(10-23-18)19(27)25-6-2-1-3-7-25/h4-5,8-10,17,26H,1-3,6-7,11H2,(H,23,24). The molecule has 144 valence electrons. The summed E-state index contributed by atoms with van der Waals surface area (Å²) >= 11 is 11.9. The molecule has 27 heavy (non-hydrogen) atoms. The zero-order valence-electron chi connectivity index (χ0n) is 14.6. The Labute approximate surface area is 167 Å². The molecule has 5 nitrogen and oxygen atoms in total. The van der Waals surface area contributed by atoms with Gasteiger partial charge in [0.15, 0.2) is 0 Å². The van der Waals surface area contributed by atoms with Gasteiger partial charge in [-0.1, -0.05) is 29.3 Å². The van der Waals surface area contributed by atoms with E-state index >= 15 is 0 Å². The molecule has 1 unspecified atom stereocenters. The van der Waals surface area contributed by atoms with Crippen molar-refractivity contribution in [1.29, 1.82) is 0 Å². The summed E-state index contributed by atoms with van der Waals surface area (Å²) in [6.07, 6.45) is 3.67. The monoisotopic (exact) mass is 411 g/mol. The van der Waals surface area contributed by atoms with Gasteiger partial charge in [-0.25, -0.2) is 9.37 Å². The molecule has 0 bridgehead atoms. The van der Waals surface area contributed by atoms with Gasteiger partial charge in [-0.2, -0.15) is 0 Å². The van der Waals surface area contributed by atoms with E-state index in [-0.39, 0.29) is 22.5 Å². The molecule has 0 spiro atoms. The van der Waals surface area contributed by atoms with Crippen LogP contribution in [0.2, 0.25) is 10.0 Å². The molecule has 1 saturated heterocycles. The normalized spacial score (nSPS) is 15.5. The van der Waals surface area contributed by atoms with Crippen molar-refractivity contribution in [3.63, 3.8) is 0 Å². The maximum Gasteiger partial charge on any atom is 0.255 e. The van der Waals surface area contributed by atoms with E-state index in [1.165, 1.54) is 18.3 Å². The van der Waals surface area contributed by atoms with Gasteiger partial charge in [0, 0.05) is 25.8 Å². The molecule has 8 heteroatoms. The molecule has 1 aliphatic rings. The third kappa shape index (κ3) is 4.89. The number of halogens is 3. The highest BCUT2D eigenvalue weighted by Crippen LogP contribution is 2.24. The van der Waals surface area contributed by atoms with Gasteiger partial charge in [-0.05, 0) is 43.0 Å². The van der Waals surface area contributed by atoms with Crippen molar-refractivity contribution in [1.82, 2.24) is 9.88 Å². The first-order valence-corrected chi connectivity index (χ1v) is 9.53. The molecule has 1 aromatic heterocycles. The van der Waals surface area contributed by atoms with Crippen LogP contribution >= 0.6 is 23.2 Å². The van der Waals surface area contributed by atoms with Crippen molar-refractivity contribution >= 4 is 34.9 Å². The van der Waals surface area contributed by atoms with Crippen molar-refractivity contribution in [3.05, 3.63) is 57.5 Å². The van der Waals surface area contributed by atoms with E-state index in [9.17, 15) is 14.3 Å². The molecule has 1 aromatic carbocycles. The van der Waals surface area contributed by atoms with E-state index in [0.717, 1.165) is 32.4 Å². The largest absolute Gasteiger partial charge is 0.387 e. The van der Waals surface area contributed by atoms with Crippen LogP contribution in [0.3, 0.4) is 0 Å². The Morgan fingerprint density at radius 3 is 2.63 bits per heavy atom. The third-order valence-corrected chi connectivity index (χ3v) is 5.12. The lowest BCUT2D eigenvalue weighted by molar-refractivity contribution is 0.0724. The van der Waals surface area contributed by atoms with E-state index < -0.39 is 11.9 Å². The first-order chi connectivity index (χ1) is 13.0. The summed E-state index contributed by atoms with van der Waals surface area (Å²) in [7, 11) is 0. The first kappa shape index (κ1) is 19.9. The molecule has 1 aliphatic heterocycles. The van der Waals surface area contributed by atoms with Crippen LogP contribution in [0.15, 0.2) is 30.5 Å². The Kier molecular flexibility index (Phi) is 6.52. The molecule has 3 rings (SSSR count). The number of nitrogens with one attached hydrogen (secondary N) is 1. The van der Waals surface area contributed by atoms with Gasteiger partial charge in [0.05, 0.1) is 21.7 Å². The number of aliphatic hydroxyl groups excluding tert-OH is 1. The van der Waals surface area contributed by atoms with Crippen LogP contribution in [0.25, 0.3) is 0 Å². The Balaban J connectivity index is 1.63. The van der Waals surface area contributed by atoms with Crippen LogP contribution in [-0.4, -0.2) is 40.5 Å². The highest BCUT2D eigenvalue weighted by atomic mass is 35.5. The average molecular weight is 412 g/mol. The van der Waals surface area contributed by atoms with Crippen molar-refractivity contribution in [2.45, 2.75) is 25.4 Å². The number of carbonyl (C=O) groups is 1. The second-order valence-electron chi connectivity index (χ2n) is 6.48. The number of aromatic nitrogens is 1. The number of benzene rings is 1. The summed E-state index contributed by atoms with van der Waals surface area (Å²) in [6, 6.07) is 5.70. The van der Waals surface area contributed by atoms with Gasteiger partial charge >= 0.3 is 0 Å². The number of nitrogens with zero attached hydrogens (tertiary/aromatic N) is 2. The Bertz CT molecular complexity index is 829. The van der Waals surface area contributed by atoms with E-state index in [1.807, 2.05) is 4.90 Å². The van der Waals surface area contributed by atoms with Crippen LogP contribution in [0.1, 0.15) is 41.3 Å². The zero-order chi connectivity index (χ0) is 19.4. The van der Waals surface area contributed by atoms with Crippen LogP contribution in [-0.2, 0) is 0 Å². The van der Waals surface area contributed by atoms with Gasteiger partial charge in [0.2, 0.25) is 0 Å². The maximum atomic E-state index is 13.5. The fourth-order valence-corrected chi connectivity index (χ4v) is 3.35. The highest BCUT2D eigenvalue weighted by molar-refractivity contribution is 6.33. The second-order valence-corrected chi connectivity index (χ2v) is 7.29.